The first-order chi connectivity index (χ1) is 5.25. The van der Waals surface area contributed by atoms with Crippen molar-refractivity contribution >= 4 is 57.3 Å². The molecule has 0 aromatic heterocycles. The van der Waals surface area contributed by atoms with E-state index < -0.39 is 31.6 Å². The van der Waals surface area contributed by atoms with E-state index in [1.54, 1.807) is 0 Å². The van der Waals surface area contributed by atoms with E-state index in [1.807, 2.05) is 0 Å². The van der Waals surface area contributed by atoms with E-state index in [-0.39, 0.29) is 37.7 Å². The van der Waals surface area contributed by atoms with Crippen LogP contribution in [0.25, 0.3) is 0 Å². The molecule has 9 heteroatoms. The van der Waals surface area contributed by atoms with Crippen molar-refractivity contribution in [1.29, 1.82) is 0 Å². The summed E-state index contributed by atoms with van der Waals surface area (Å²) in [6.45, 7) is 0. The van der Waals surface area contributed by atoms with Crippen LogP contribution in [0.15, 0.2) is 0 Å². The standard InChI is InChI=1S/C4H7O7P.Ca.2H/c5-3(6)1-2(4(7)8)12(9,10)11;;;/h2H,1H2,(H,5,6)(H,7,8)(H2,9,10,11);;;. The minimum absolute atomic E-state index is 0. The van der Waals surface area contributed by atoms with Crippen LogP contribution >= 0.6 is 7.60 Å². The molecule has 0 aliphatic rings. The zero-order valence-electron chi connectivity index (χ0n) is 5.75. The Balaban J connectivity index is 0. The van der Waals surface area contributed by atoms with Gasteiger partial charge in [0, 0.05) is 0 Å². The average molecular weight is 240 g/mol. The fourth-order valence-electron chi connectivity index (χ4n) is 0.515. The molecule has 0 bridgehead atoms. The van der Waals surface area contributed by atoms with E-state index in [2.05, 4.69) is 0 Å². The third-order valence-electron chi connectivity index (χ3n) is 1.06. The monoisotopic (exact) mass is 240 g/mol. The number of hydrogen-bond acceptors (Lipinski definition) is 3. The van der Waals surface area contributed by atoms with Crippen molar-refractivity contribution in [2.75, 3.05) is 0 Å². The van der Waals surface area contributed by atoms with E-state index in [9.17, 15) is 14.2 Å². The molecule has 0 aliphatic carbocycles. The summed E-state index contributed by atoms with van der Waals surface area (Å²) < 4.78 is 10.4. The molecule has 0 saturated heterocycles. The van der Waals surface area contributed by atoms with Crippen molar-refractivity contribution < 1.29 is 34.2 Å². The van der Waals surface area contributed by atoms with Gasteiger partial charge in [-0.25, -0.2) is 0 Å². The van der Waals surface area contributed by atoms with Gasteiger partial charge in [-0.1, -0.05) is 0 Å². The van der Waals surface area contributed by atoms with Crippen molar-refractivity contribution in [3.63, 3.8) is 0 Å². The first kappa shape index (κ1) is 15.8. The Labute approximate surface area is 103 Å². The summed E-state index contributed by atoms with van der Waals surface area (Å²) in [6.07, 6.45) is -1.08. The van der Waals surface area contributed by atoms with Gasteiger partial charge >= 0.3 is 57.3 Å². The fraction of sp³-hybridized carbons (Fsp3) is 0.500. The molecule has 13 heavy (non-hydrogen) atoms. The normalized spacial score (nSPS) is 12.8. The predicted molar refractivity (Wildman–Crippen MR) is 44.3 cm³/mol. The third kappa shape index (κ3) is 6.42. The summed E-state index contributed by atoms with van der Waals surface area (Å²) in [5.41, 5.74) is -2.16. The van der Waals surface area contributed by atoms with Crippen LogP contribution in [0.1, 0.15) is 6.42 Å². The number of aliphatic carboxylic acids is 2. The summed E-state index contributed by atoms with van der Waals surface area (Å²) in [5, 5.41) is 16.3. The molecule has 0 heterocycles. The molecular weight excluding hydrogens is 231 g/mol. The second kappa shape index (κ2) is 5.95. The number of carboxylic acids is 2. The van der Waals surface area contributed by atoms with Crippen molar-refractivity contribution in [3.05, 3.63) is 0 Å². The maximum absolute atomic E-state index is 10.4. The van der Waals surface area contributed by atoms with Gasteiger partial charge in [0.1, 0.15) is 0 Å². The molecule has 0 aromatic rings. The Morgan fingerprint density at radius 3 is 1.69 bits per heavy atom. The maximum atomic E-state index is 10.4. The molecule has 1 unspecified atom stereocenters. The van der Waals surface area contributed by atoms with Gasteiger partial charge in [0.15, 0.2) is 5.66 Å². The molecule has 74 valence electrons. The second-order valence-corrected chi connectivity index (χ2v) is 3.84. The summed E-state index contributed by atoms with van der Waals surface area (Å²) in [7, 11) is -4.87. The van der Waals surface area contributed by atoms with Crippen LogP contribution in [0.2, 0.25) is 0 Å². The molecule has 0 radical (unpaired) electrons. The predicted octanol–water partition coefficient (Wildman–Crippen LogP) is -1.82. The topological polar surface area (TPSA) is 132 Å². The first-order valence-electron chi connectivity index (χ1n) is 2.75. The summed E-state index contributed by atoms with van der Waals surface area (Å²) in [6, 6.07) is 0. The second-order valence-electron chi connectivity index (χ2n) is 2.04. The molecule has 0 aromatic carbocycles. The van der Waals surface area contributed by atoms with E-state index in [0.29, 0.717) is 0 Å². The SMILES string of the molecule is O=C(O)CC(C(=O)O)P(=O)(O)O.[CaH2]. The molecule has 0 amide bonds. The van der Waals surface area contributed by atoms with Gasteiger partial charge < -0.3 is 20.0 Å². The summed E-state index contributed by atoms with van der Waals surface area (Å²) in [5.74, 6) is -3.38. The van der Waals surface area contributed by atoms with Crippen LogP contribution in [0, 0.1) is 0 Å². The number of hydrogen-bond donors (Lipinski definition) is 4. The molecule has 0 aliphatic heterocycles. The van der Waals surface area contributed by atoms with E-state index in [4.69, 9.17) is 20.0 Å². The van der Waals surface area contributed by atoms with Crippen molar-refractivity contribution in [2.24, 2.45) is 0 Å². The molecule has 0 spiro atoms. The van der Waals surface area contributed by atoms with Crippen LogP contribution in [0.3, 0.4) is 0 Å². The zero-order valence-corrected chi connectivity index (χ0v) is 6.64. The van der Waals surface area contributed by atoms with Gasteiger partial charge in [0.25, 0.3) is 0 Å². The van der Waals surface area contributed by atoms with Gasteiger partial charge in [0.2, 0.25) is 0 Å². The van der Waals surface area contributed by atoms with Crippen molar-refractivity contribution in [1.82, 2.24) is 0 Å². The Morgan fingerprint density at radius 1 is 1.23 bits per heavy atom. The van der Waals surface area contributed by atoms with Crippen molar-refractivity contribution in [2.45, 2.75) is 12.1 Å². The zero-order chi connectivity index (χ0) is 9.94. The average Bonchev–Trinajstić information content (AvgIpc) is 1.79. The molecule has 0 rings (SSSR count). The molecule has 4 N–H and O–H groups in total. The van der Waals surface area contributed by atoms with Gasteiger partial charge in [0.05, 0.1) is 6.42 Å². The molecule has 7 nitrogen and oxygen atoms in total. The van der Waals surface area contributed by atoms with Gasteiger partial charge in [-0.3, -0.25) is 14.2 Å². The molecule has 0 fully saturated rings. The van der Waals surface area contributed by atoms with Crippen molar-refractivity contribution in [3.8, 4) is 0 Å². The van der Waals surface area contributed by atoms with Crippen LogP contribution < -0.4 is 0 Å². The first-order valence-corrected chi connectivity index (χ1v) is 4.43. The minimum atomic E-state index is -4.87. The van der Waals surface area contributed by atoms with E-state index in [0.717, 1.165) is 0 Å². The molecule has 1 atom stereocenters. The number of carbonyl (C=O) groups is 2. The Kier molecular flexibility index (Phi) is 7.24. The summed E-state index contributed by atoms with van der Waals surface area (Å²) >= 11 is 0. The Bertz CT molecular complexity index is 245. The van der Waals surface area contributed by atoms with Gasteiger partial charge in [-0.15, -0.1) is 0 Å². The summed E-state index contributed by atoms with van der Waals surface area (Å²) in [4.78, 5) is 36.8. The van der Waals surface area contributed by atoms with Crippen LogP contribution in [0.4, 0.5) is 0 Å². The Morgan fingerprint density at radius 2 is 1.62 bits per heavy atom. The fourth-order valence-corrected chi connectivity index (χ4v) is 1.20. The van der Waals surface area contributed by atoms with E-state index >= 15 is 0 Å². The number of rotatable bonds is 4. The van der Waals surface area contributed by atoms with Gasteiger partial charge in [-0.05, 0) is 0 Å². The Hall–Kier alpha value is 0.350. The van der Waals surface area contributed by atoms with Crippen LogP contribution in [-0.2, 0) is 14.2 Å². The number of carboxylic acid groups (broad SMARTS) is 2. The van der Waals surface area contributed by atoms with E-state index in [1.165, 1.54) is 0 Å². The van der Waals surface area contributed by atoms with Gasteiger partial charge in [-0.2, -0.15) is 0 Å². The quantitative estimate of drug-likeness (QED) is 0.336. The molecular formula is C4H9CaO7P. The van der Waals surface area contributed by atoms with Crippen LogP contribution in [0.5, 0.6) is 0 Å². The third-order valence-corrected chi connectivity index (χ3v) is 2.27. The van der Waals surface area contributed by atoms with Crippen LogP contribution in [-0.4, -0.2) is 75.3 Å². The molecule has 0 saturated carbocycles.